The minimum absolute atomic E-state index is 0.0122. The zero-order valence-corrected chi connectivity index (χ0v) is 27.6. The zero-order chi connectivity index (χ0) is 32.4. The lowest BCUT2D eigenvalue weighted by atomic mass is 9.89. The third-order valence-corrected chi connectivity index (χ3v) is 7.43. The number of ether oxygens (including phenoxy) is 2. The Balaban J connectivity index is 2.36. The van der Waals surface area contributed by atoms with E-state index < -0.39 is 28.8 Å². The second-order valence-electron chi connectivity index (χ2n) is 14.3. The molecule has 0 bridgehead atoms. The molecule has 11 heteroatoms. The number of hydrogen-bond acceptors (Lipinski definition) is 8. The van der Waals surface area contributed by atoms with Gasteiger partial charge < -0.3 is 24.9 Å². The van der Waals surface area contributed by atoms with Gasteiger partial charge in [0.25, 0.3) is 11.8 Å². The lowest BCUT2D eigenvalue weighted by Gasteiger charge is -2.30. The molecule has 4 amide bonds. The van der Waals surface area contributed by atoms with Crippen molar-refractivity contribution in [3.05, 3.63) is 0 Å². The highest BCUT2D eigenvalue weighted by atomic mass is 16.7. The predicted molar refractivity (Wildman–Crippen MR) is 159 cm³/mol. The number of carbonyl (C=O) groups is 5. The fourth-order valence-corrected chi connectivity index (χ4v) is 4.01. The van der Waals surface area contributed by atoms with Gasteiger partial charge in [-0.1, -0.05) is 41.5 Å². The summed E-state index contributed by atoms with van der Waals surface area (Å²) in [5.74, 6) is -1.72. The molecule has 0 radical (unpaired) electrons. The molecular weight excluding hydrogens is 542 g/mol. The van der Waals surface area contributed by atoms with Crippen LogP contribution in [0.4, 0.5) is 0 Å². The van der Waals surface area contributed by atoms with E-state index in [1.165, 1.54) is 0 Å². The third kappa shape index (κ3) is 13.6. The average Bonchev–Trinajstić information content (AvgIpc) is 3.17. The Labute approximate surface area is 252 Å². The van der Waals surface area contributed by atoms with Crippen LogP contribution < -0.4 is 10.6 Å². The minimum Gasteiger partial charge on any atom is -0.380 e. The first-order valence-corrected chi connectivity index (χ1v) is 15.0. The van der Waals surface area contributed by atoms with Crippen molar-refractivity contribution in [1.29, 1.82) is 0 Å². The van der Waals surface area contributed by atoms with Crippen LogP contribution in [0.3, 0.4) is 0 Å². The van der Waals surface area contributed by atoms with Gasteiger partial charge in [0.15, 0.2) is 0 Å². The smallest absolute Gasteiger partial charge is 0.338 e. The SMILES string of the molecule is CCC(C)C(=O)NCC(C)(C)COCC(C)(C)CC(=O)NCCC(C)(C)OCCC(C)(C)C(=O)ON1C(=O)CCC1=O. The van der Waals surface area contributed by atoms with E-state index in [4.69, 9.17) is 14.3 Å². The second kappa shape index (κ2) is 15.8. The number of carbonyl (C=O) groups excluding carboxylic acids is 5. The minimum atomic E-state index is -0.960. The molecule has 0 aliphatic carbocycles. The summed E-state index contributed by atoms with van der Waals surface area (Å²) < 4.78 is 12.0. The molecule has 0 saturated carbocycles. The topological polar surface area (TPSA) is 140 Å². The first-order valence-electron chi connectivity index (χ1n) is 15.0. The van der Waals surface area contributed by atoms with E-state index in [0.717, 1.165) is 6.42 Å². The maximum atomic E-state index is 12.6. The molecule has 0 spiro atoms. The van der Waals surface area contributed by atoms with Crippen LogP contribution in [0.1, 0.15) is 108 Å². The van der Waals surface area contributed by atoms with Crippen molar-refractivity contribution in [1.82, 2.24) is 15.7 Å². The fourth-order valence-electron chi connectivity index (χ4n) is 4.01. The summed E-state index contributed by atoms with van der Waals surface area (Å²) in [5.41, 5.74) is -2.11. The Morgan fingerprint density at radius 2 is 1.45 bits per heavy atom. The van der Waals surface area contributed by atoms with E-state index in [1.807, 2.05) is 55.4 Å². The number of nitrogens with zero attached hydrogens (tertiary/aromatic N) is 1. The molecule has 1 atom stereocenters. The fraction of sp³-hybridized carbons (Fsp3) is 0.839. The Morgan fingerprint density at radius 3 is 2.02 bits per heavy atom. The summed E-state index contributed by atoms with van der Waals surface area (Å²) in [6, 6.07) is 0. The number of amides is 4. The monoisotopic (exact) mass is 597 g/mol. The molecule has 0 aromatic heterocycles. The summed E-state index contributed by atoms with van der Waals surface area (Å²) >= 11 is 0. The highest BCUT2D eigenvalue weighted by molar-refractivity contribution is 6.01. The Morgan fingerprint density at radius 1 is 0.881 bits per heavy atom. The van der Waals surface area contributed by atoms with E-state index in [0.29, 0.717) is 50.6 Å². The van der Waals surface area contributed by atoms with Crippen molar-refractivity contribution in [2.75, 3.05) is 32.9 Å². The molecule has 1 aliphatic heterocycles. The van der Waals surface area contributed by atoms with Crippen molar-refractivity contribution in [2.45, 2.75) is 113 Å². The quantitative estimate of drug-likeness (QED) is 0.214. The van der Waals surface area contributed by atoms with Gasteiger partial charge in [-0.2, -0.15) is 0 Å². The van der Waals surface area contributed by atoms with Gasteiger partial charge in [-0.05, 0) is 52.4 Å². The van der Waals surface area contributed by atoms with Gasteiger partial charge >= 0.3 is 5.97 Å². The Bertz CT molecular complexity index is 942. The van der Waals surface area contributed by atoms with E-state index in [1.54, 1.807) is 13.8 Å². The number of rotatable bonds is 19. The zero-order valence-electron chi connectivity index (χ0n) is 27.6. The van der Waals surface area contributed by atoms with Gasteiger partial charge in [-0.3, -0.25) is 19.2 Å². The normalized spacial score (nSPS) is 15.5. The molecule has 1 saturated heterocycles. The van der Waals surface area contributed by atoms with Gasteiger partial charge in [0.05, 0.1) is 24.2 Å². The van der Waals surface area contributed by atoms with E-state index in [9.17, 15) is 24.0 Å². The van der Waals surface area contributed by atoms with Crippen molar-refractivity contribution in [2.24, 2.45) is 22.2 Å². The first-order chi connectivity index (χ1) is 19.2. The molecular formula is C31H55N3O8. The van der Waals surface area contributed by atoms with Crippen molar-refractivity contribution in [3.8, 4) is 0 Å². The molecule has 1 fully saturated rings. The van der Waals surface area contributed by atoms with Crippen LogP contribution in [-0.2, 0) is 38.3 Å². The van der Waals surface area contributed by atoms with Crippen LogP contribution in [0.2, 0.25) is 0 Å². The van der Waals surface area contributed by atoms with Gasteiger partial charge in [-0.15, -0.1) is 5.06 Å². The predicted octanol–water partition coefficient (Wildman–Crippen LogP) is 3.93. The van der Waals surface area contributed by atoms with Gasteiger partial charge in [0.1, 0.15) is 0 Å². The summed E-state index contributed by atoms with van der Waals surface area (Å²) in [6.07, 6.45) is 2.09. The third-order valence-electron chi connectivity index (χ3n) is 7.43. The molecule has 1 aliphatic rings. The van der Waals surface area contributed by atoms with E-state index >= 15 is 0 Å². The standard InChI is InChI=1S/C31H55N3O8/c1-11-22(2)26(38)33-19-29(5,6)21-40-20-28(3,4)18-23(35)32-16-14-31(9,10)41-17-15-30(7,8)27(39)42-34-24(36)12-13-25(34)37/h22H,11-21H2,1-10H3,(H,32,35)(H,33,38). The lowest BCUT2D eigenvalue weighted by molar-refractivity contribution is -0.205. The maximum absolute atomic E-state index is 12.6. The van der Waals surface area contributed by atoms with Crippen LogP contribution in [0, 0.1) is 22.2 Å². The van der Waals surface area contributed by atoms with E-state index in [-0.39, 0.29) is 48.0 Å². The summed E-state index contributed by atoms with van der Waals surface area (Å²) in [7, 11) is 0. The average molecular weight is 598 g/mol. The second-order valence-corrected chi connectivity index (χ2v) is 14.3. The van der Waals surface area contributed by atoms with Gasteiger partial charge in [0.2, 0.25) is 11.8 Å². The molecule has 0 aromatic rings. The van der Waals surface area contributed by atoms with Crippen LogP contribution >= 0.6 is 0 Å². The van der Waals surface area contributed by atoms with Crippen molar-refractivity contribution < 1.29 is 38.3 Å². The molecule has 1 rings (SSSR count). The van der Waals surface area contributed by atoms with Gasteiger partial charge in [-0.25, -0.2) is 4.79 Å². The summed E-state index contributed by atoms with van der Waals surface area (Å²) in [4.78, 5) is 65.7. The van der Waals surface area contributed by atoms with Crippen molar-refractivity contribution in [3.63, 3.8) is 0 Å². The number of hydroxylamine groups is 2. The first kappa shape index (κ1) is 37.5. The Hall–Kier alpha value is -2.53. The number of imide groups is 1. The highest BCUT2D eigenvalue weighted by Crippen LogP contribution is 2.27. The molecule has 42 heavy (non-hydrogen) atoms. The van der Waals surface area contributed by atoms with Crippen molar-refractivity contribution >= 4 is 29.6 Å². The van der Waals surface area contributed by atoms with Crippen LogP contribution in [0.25, 0.3) is 0 Å². The molecule has 0 aromatic carbocycles. The van der Waals surface area contributed by atoms with E-state index in [2.05, 4.69) is 10.6 Å². The summed E-state index contributed by atoms with van der Waals surface area (Å²) in [6.45, 7) is 21.2. The largest absolute Gasteiger partial charge is 0.380 e. The maximum Gasteiger partial charge on any atom is 0.338 e. The number of nitrogens with one attached hydrogen (secondary N) is 2. The molecule has 1 heterocycles. The molecule has 2 N–H and O–H groups in total. The molecule has 11 nitrogen and oxygen atoms in total. The molecule has 1 unspecified atom stereocenters. The lowest BCUT2D eigenvalue weighted by Crippen LogP contribution is -2.40. The van der Waals surface area contributed by atoms with Crippen LogP contribution in [0.5, 0.6) is 0 Å². The molecule has 242 valence electrons. The van der Waals surface area contributed by atoms with Crippen LogP contribution in [0.15, 0.2) is 0 Å². The number of hydrogen-bond donors (Lipinski definition) is 2. The highest BCUT2D eigenvalue weighted by Gasteiger charge is 2.38. The van der Waals surface area contributed by atoms with Gasteiger partial charge in [0, 0.05) is 50.3 Å². The van der Waals surface area contributed by atoms with Crippen LogP contribution in [-0.4, -0.2) is 73.2 Å². The Kier molecular flexibility index (Phi) is 14.1. The summed E-state index contributed by atoms with van der Waals surface area (Å²) in [5, 5.41) is 6.51.